The van der Waals surface area contributed by atoms with Crippen LogP contribution in [0.5, 0.6) is 0 Å². The summed E-state index contributed by atoms with van der Waals surface area (Å²) in [7, 11) is 0. The first-order valence-corrected chi connectivity index (χ1v) is 7.34. The van der Waals surface area contributed by atoms with Crippen LogP contribution in [0.25, 0.3) is 0 Å². The first-order valence-electron chi connectivity index (χ1n) is 6.11. The SMILES string of the molecule is C=CCOC(=O)N1CC(=O)NC(SC)=C1CC(C)C. The summed E-state index contributed by atoms with van der Waals surface area (Å²) in [5.74, 6) is 0.175. The van der Waals surface area contributed by atoms with Crippen molar-refractivity contribution in [3.63, 3.8) is 0 Å². The molecule has 0 spiro atoms. The molecule has 0 bridgehead atoms. The third-order valence-corrected chi connectivity index (χ3v) is 3.24. The Morgan fingerprint density at radius 2 is 2.32 bits per heavy atom. The van der Waals surface area contributed by atoms with Gasteiger partial charge in [-0.25, -0.2) is 4.79 Å². The minimum Gasteiger partial charge on any atom is -0.445 e. The number of allylic oxidation sites excluding steroid dienone is 1. The highest BCUT2D eigenvalue weighted by Gasteiger charge is 2.30. The Bertz CT molecular complexity index is 405. The molecule has 0 aromatic heterocycles. The number of nitrogens with zero attached hydrogens (tertiary/aromatic N) is 1. The molecule has 0 aliphatic carbocycles. The van der Waals surface area contributed by atoms with Crippen LogP contribution >= 0.6 is 11.8 Å². The molecule has 1 aliphatic heterocycles. The largest absolute Gasteiger partial charge is 0.445 e. The van der Waals surface area contributed by atoms with E-state index in [1.807, 2.05) is 6.26 Å². The van der Waals surface area contributed by atoms with Gasteiger partial charge >= 0.3 is 6.09 Å². The Morgan fingerprint density at radius 1 is 1.63 bits per heavy atom. The molecule has 0 atom stereocenters. The summed E-state index contributed by atoms with van der Waals surface area (Å²) in [4.78, 5) is 25.0. The highest BCUT2D eigenvalue weighted by molar-refractivity contribution is 8.02. The third kappa shape index (κ3) is 4.31. The van der Waals surface area contributed by atoms with Gasteiger partial charge in [-0.1, -0.05) is 26.5 Å². The Morgan fingerprint density at radius 3 is 2.84 bits per heavy atom. The van der Waals surface area contributed by atoms with Crippen molar-refractivity contribution in [2.24, 2.45) is 5.92 Å². The van der Waals surface area contributed by atoms with Gasteiger partial charge in [-0.05, 0) is 18.6 Å². The summed E-state index contributed by atoms with van der Waals surface area (Å²) >= 11 is 1.42. The van der Waals surface area contributed by atoms with Crippen LogP contribution < -0.4 is 5.32 Å². The quantitative estimate of drug-likeness (QED) is 0.787. The molecule has 106 valence electrons. The number of amides is 2. The minimum absolute atomic E-state index is 0.00207. The van der Waals surface area contributed by atoms with Crippen LogP contribution in [0.4, 0.5) is 4.79 Å². The summed E-state index contributed by atoms with van der Waals surface area (Å²) in [6.45, 7) is 7.77. The standard InChI is InChI=1S/C13H20N2O3S/c1-5-6-18-13(17)15-8-11(16)14-12(19-4)10(15)7-9(2)3/h5,9H,1,6-8H2,2-4H3,(H,14,16). The lowest BCUT2D eigenvalue weighted by Gasteiger charge is -2.31. The second kappa shape index (κ2) is 7.23. The first kappa shape index (κ1) is 15.6. The summed E-state index contributed by atoms with van der Waals surface area (Å²) < 4.78 is 5.03. The number of carbonyl (C=O) groups is 2. The molecule has 6 heteroatoms. The van der Waals surface area contributed by atoms with Gasteiger partial charge in [-0.2, -0.15) is 0 Å². The zero-order chi connectivity index (χ0) is 14.4. The summed E-state index contributed by atoms with van der Waals surface area (Å²) in [6, 6.07) is 0. The van der Waals surface area contributed by atoms with Gasteiger partial charge in [0.05, 0.1) is 10.7 Å². The summed E-state index contributed by atoms with van der Waals surface area (Å²) in [6.07, 6.45) is 3.58. The lowest BCUT2D eigenvalue weighted by molar-refractivity contribution is -0.121. The molecule has 0 unspecified atom stereocenters. The summed E-state index contributed by atoms with van der Waals surface area (Å²) in [5.41, 5.74) is 0.816. The smallest absolute Gasteiger partial charge is 0.414 e. The maximum Gasteiger partial charge on any atom is 0.414 e. The molecule has 1 heterocycles. The van der Waals surface area contributed by atoms with Gasteiger partial charge in [0, 0.05) is 0 Å². The van der Waals surface area contributed by atoms with Gasteiger partial charge in [-0.3, -0.25) is 9.69 Å². The predicted molar refractivity (Wildman–Crippen MR) is 76.4 cm³/mol. The van der Waals surface area contributed by atoms with E-state index in [2.05, 4.69) is 25.7 Å². The highest BCUT2D eigenvalue weighted by Crippen LogP contribution is 2.27. The van der Waals surface area contributed by atoms with Crippen molar-refractivity contribution in [2.75, 3.05) is 19.4 Å². The zero-order valence-corrected chi connectivity index (χ0v) is 12.4. The van der Waals surface area contributed by atoms with Gasteiger partial charge in [0.25, 0.3) is 0 Å². The lowest BCUT2D eigenvalue weighted by Crippen LogP contribution is -2.46. The van der Waals surface area contributed by atoms with Crippen molar-refractivity contribution >= 4 is 23.8 Å². The van der Waals surface area contributed by atoms with Crippen molar-refractivity contribution in [1.29, 1.82) is 0 Å². The fraction of sp³-hybridized carbons (Fsp3) is 0.538. The van der Waals surface area contributed by atoms with Gasteiger partial charge in [0.2, 0.25) is 5.91 Å². The van der Waals surface area contributed by atoms with Crippen molar-refractivity contribution in [3.8, 4) is 0 Å². The van der Waals surface area contributed by atoms with E-state index in [1.54, 1.807) is 0 Å². The Labute approximate surface area is 118 Å². The normalized spacial score (nSPS) is 15.6. The van der Waals surface area contributed by atoms with Crippen LogP contribution in [0.2, 0.25) is 0 Å². The number of hydrogen-bond donors (Lipinski definition) is 1. The molecule has 1 rings (SSSR count). The van der Waals surface area contributed by atoms with Crippen molar-refractivity contribution in [1.82, 2.24) is 10.2 Å². The fourth-order valence-corrected chi connectivity index (χ4v) is 2.39. The van der Waals surface area contributed by atoms with Crippen LogP contribution in [0.15, 0.2) is 23.4 Å². The monoisotopic (exact) mass is 284 g/mol. The molecule has 0 saturated heterocycles. The fourth-order valence-electron chi connectivity index (χ4n) is 1.74. The highest BCUT2D eigenvalue weighted by atomic mass is 32.2. The molecule has 1 aliphatic rings. The predicted octanol–water partition coefficient (Wildman–Crippen LogP) is 2.32. The lowest BCUT2D eigenvalue weighted by atomic mass is 10.1. The number of ether oxygens (including phenoxy) is 1. The van der Waals surface area contributed by atoms with Crippen molar-refractivity contribution in [3.05, 3.63) is 23.4 Å². The second-order valence-corrected chi connectivity index (χ2v) is 5.39. The molecule has 5 nitrogen and oxygen atoms in total. The van der Waals surface area contributed by atoms with E-state index < -0.39 is 6.09 Å². The Balaban J connectivity index is 2.99. The average molecular weight is 284 g/mol. The van der Waals surface area contributed by atoms with E-state index in [0.29, 0.717) is 12.3 Å². The van der Waals surface area contributed by atoms with Gasteiger partial charge < -0.3 is 10.1 Å². The summed E-state index contributed by atoms with van der Waals surface area (Å²) in [5, 5.41) is 3.52. The molecule has 0 radical (unpaired) electrons. The van der Waals surface area contributed by atoms with E-state index in [0.717, 1.165) is 10.7 Å². The topological polar surface area (TPSA) is 58.6 Å². The zero-order valence-electron chi connectivity index (χ0n) is 11.6. The molecular weight excluding hydrogens is 264 g/mol. The first-order chi connectivity index (χ1) is 8.99. The molecule has 1 N–H and O–H groups in total. The maximum atomic E-state index is 12.0. The number of carbonyl (C=O) groups excluding carboxylic acids is 2. The minimum atomic E-state index is -0.503. The van der Waals surface area contributed by atoms with E-state index in [1.165, 1.54) is 22.7 Å². The average Bonchev–Trinajstić information content (AvgIpc) is 2.36. The Kier molecular flexibility index (Phi) is 5.95. The van der Waals surface area contributed by atoms with Gasteiger partial charge in [0.15, 0.2) is 0 Å². The van der Waals surface area contributed by atoms with Crippen molar-refractivity contribution < 1.29 is 14.3 Å². The molecule has 0 aromatic rings. The van der Waals surface area contributed by atoms with Crippen LogP contribution in [0.3, 0.4) is 0 Å². The maximum absolute atomic E-state index is 12.0. The molecular formula is C13H20N2O3S. The Hall–Kier alpha value is -1.43. The molecule has 19 heavy (non-hydrogen) atoms. The molecule has 2 amide bonds. The number of nitrogens with one attached hydrogen (secondary N) is 1. The van der Waals surface area contributed by atoms with Gasteiger partial charge in [0.1, 0.15) is 13.2 Å². The van der Waals surface area contributed by atoms with E-state index >= 15 is 0 Å². The van der Waals surface area contributed by atoms with Crippen LogP contribution in [0, 0.1) is 5.92 Å². The molecule has 0 fully saturated rings. The molecule has 0 aromatic carbocycles. The van der Waals surface area contributed by atoms with Gasteiger partial charge in [-0.15, -0.1) is 11.8 Å². The van der Waals surface area contributed by atoms with E-state index in [9.17, 15) is 9.59 Å². The van der Waals surface area contributed by atoms with E-state index in [-0.39, 0.29) is 19.1 Å². The number of rotatable bonds is 5. The van der Waals surface area contributed by atoms with Crippen LogP contribution in [-0.2, 0) is 9.53 Å². The third-order valence-electron chi connectivity index (χ3n) is 2.49. The van der Waals surface area contributed by atoms with Crippen LogP contribution in [0.1, 0.15) is 20.3 Å². The molecule has 0 saturated carbocycles. The second-order valence-electron chi connectivity index (χ2n) is 4.58. The van der Waals surface area contributed by atoms with Crippen LogP contribution in [-0.4, -0.2) is 36.3 Å². The van der Waals surface area contributed by atoms with Crippen molar-refractivity contribution in [2.45, 2.75) is 20.3 Å². The number of thioether (sulfide) groups is 1. The van der Waals surface area contributed by atoms with E-state index in [4.69, 9.17) is 4.74 Å². The number of hydrogen-bond acceptors (Lipinski definition) is 4.